The van der Waals surface area contributed by atoms with Crippen molar-refractivity contribution in [2.75, 3.05) is 5.32 Å². The summed E-state index contributed by atoms with van der Waals surface area (Å²) in [6, 6.07) is 6.94. The van der Waals surface area contributed by atoms with Crippen LogP contribution in [0.5, 0.6) is 0 Å². The van der Waals surface area contributed by atoms with Gasteiger partial charge in [-0.25, -0.2) is 18.4 Å². The number of carbonyl (C=O) groups is 2. The Kier molecular flexibility index (Phi) is 3.81. The zero-order valence-corrected chi connectivity index (χ0v) is 13.3. The highest BCUT2D eigenvalue weighted by atomic mass is 19.3. The summed E-state index contributed by atoms with van der Waals surface area (Å²) in [5.41, 5.74) is 1.12. The Bertz CT molecular complexity index is 697. The molecule has 128 valence electrons. The van der Waals surface area contributed by atoms with Gasteiger partial charge in [0.2, 0.25) is 5.92 Å². The van der Waals surface area contributed by atoms with Gasteiger partial charge in [-0.1, -0.05) is 12.1 Å². The SMILES string of the molecule is CC1(C)OC(=O)C(=CNc2cccc(C3CC(F)(F)C3)c2)C(=O)O1. The molecule has 0 spiro atoms. The van der Waals surface area contributed by atoms with E-state index in [-0.39, 0.29) is 24.3 Å². The van der Waals surface area contributed by atoms with Crippen LogP contribution in [0.15, 0.2) is 36.0 Å². The van der Waals surface area contributed by atoms with Crippen molar-refractivity contribution in [3.05, 3.63) is 41.6 Å². The van der Waals surface area contributed by atoms with E-state index in [4.69, 9.17) is 9.47 Å². The highest BCUT2D eigenvalue weighted by molar-refractivity contribution is 6.15. The Morgan fingerprint density at radius 1 is 1.17 bits per heavy atom. The predicted octanol–water partition coefficient (Wildman–Crippen LogP) is 3.33. The monoisotopic (exact) mass is 337 g/mol. The van der Waals surface area contributed by atoms with Gasteiger partial charge in [-0.2, -0.15) is 0 Å². The molecular formula is C17H17F2NO4. The third-order valence-corrected chi connectivity index (χ3v) is 3.95. The lowest BCUT2D eigenvalue weighted by Gasteiger charge is -2.35. The Hall–Kier alpha value is -2.44. The zero-order valence-electron chi connectivity index (χ0n) is 13.3. The summed E-state index contributed by atoms with van der Waals surface area (Å²) in [7, 11) is 0. The van der Waals surface area contributed by atoms with Gasteiger partial charge >= 0.3 is 11.9 Å². The number of alkyl halides is 2. The van der Waals surface area contributed by atoms with E-state index in [9.17, 15) is 18.4 Å². The summed E-state index contributed by atoms with van der Waals surface area (Å²) >= 11 is 0. The molecule has 1 aromatic rings. The first-order valence-electron chi connectivity index (χ1n) is 7.56. The van der Waals surface area contributed by atoms with Gasteiger partial charge in [0, 0.05) is 38.6 Å². The number of anilines is 1. The van der Waals surface area contributed by atoms with Crippen LogP contribution < -0.4 is 5.32 Å². The van der Waals surface area contributed by atoms with E-state index in [0.717, 1.165) is 5.56 Å². The van der Waals surface area contributed by atoms with Crippen LogP contribution in [-0.2, 0) is 19.1 Å². The van der Waals surface area contributed by atoms with Gasteiger partial charge in [0.15, 0.2) is 5.57 Å². The molecule has 2 aliphatic rings. The van der Waals surface area contributed by atoms with Crippen molar-refractivity contribution in [2.24, 2.45) is 0 Å². The molecule has 0 unspecified atom stereocenters. The highest BCUT2D eigenvalue weighted by Gasteiger charge is 2.45. The minimum Gasteiger partial charge on any atom is -0.419 e. The number of halogens is 2. The number of esters is 2. The number of cyclic esters (lactones) is 2. The third-order valence-electron chi connectivity index (χ3n) is 3.95. The third kappa shape index (κ3) is 3.39. The van der Waals surface area contributed by atoms with Crippen molar-refractivity contribution in [3.63, 3.8) is 0 Å². The van der Waals surface area contributed by atoms with E-state index in [1.807, 2.05) is 0 Å². The second-order valence-corrected chi connectivity index (χ2v) is 6.47. The zero-order chi connectivity index (χ0) is 17.5. The molecule has 1 aliphatic carbocycles. The maximum atomic E-state index is 13.0. The first kappa shape index (κ1) is 16.4. The van der Waals surface area contributed by atoms with Gasteiger partial charge in [-0.05, 0) is 23.6 Å². The first-order chi connectivity index (χ1) is 11.2. The number of hydrogen-bond acceptors (Lipinski definition) is 5. The minimum atomic E-state index is -2.58. The highest BCUT2D eigenvalue weighted by Crippen LogP contribution is 2.48. The molecule has 1 heterocycles. The Labute approximate surface area is 137 Å². The Morgan fingerprint density at radius 3 is 2.38 bits per heavy atom. The minimum absolute atomic E-state index is 0.161. The fraction of sp³-hybridized carbons (Fsp3) is 0.412. The van der Waals surface area contributed by atoms with E-state index in [0.29, 0.717) is 5.69 Å². The molecule has 0 aromatic heterocycles. The summed E-state index contributed by atoms with van der Waals surface area (Å²) in [6.45, 7) is 2.93. The first-order valence-corrected chi connectivity index (χ1v) is 7.56. The lowest BCUT2D eigenvalue weighted by Crippen LogP contribution is -2.42. The largest absolute Gasteiger partial charge is 0.419 e. The van der Waals surface area contributed by atoms with Crippen LogP contribution in [0.1, 0.15) is 38.2 Å². The fourth-order valence-corrected chi connectivity index (χ4v) is 2.71. The molecule has 0 amide bonds. The molecule has 0 radical (unpaired) electrons. The van der Waals surface area contributed by atoms with Gasteiger partial charge in [-0.3, -0.25) is 0 Å². The van der Waals surface area contributed by atoms with E-state index < -0.39 is 23.6 Å². The van der Waals surface area contributed by atoms with E-state index in [1.165, 1.54) is 20.0 Å². The second-order valence-electron chi connectivity index (χ2n) is 6.47. The average Bonchev–Trinajstić information content (AvgIpc) is 2.43. The van der Waals surface area contributed by atoms with E-state index >= 15 is 0 Å². The molecular weight excluding hydrogens is 320 g/mol. The predicted molar refractivity (Wildman–Crippen MR) is 81.3 cm³/mol. The molecule has 2 fully saturated rings. The molecule has 1 aliphatic heterocycles. The van der Waals surface area contributed by atoms with Crippen LogP contribution in [0.4, 0.5) is 14.5 Å². The summed E-state index contributed by atoms with van der Waals surface area (Å²) < 4.78 is 35.9. The van der Waals surface area contributed by atoms with Gasteiger partial charge in [0.05, 0.1) is 0 Å². The van der Waals surface area contributed by atoms with Crippen molar-refractivity contribution < 1.29 is 27.8 Å². The summed E-state index contributed by atoms with van der Waals surface area (Å²) in [5, 5.41) is 2.82. The smallest absolute Gasteiger partial charge is 0.350 e. The summed E-state index contributed by atoms with van der Waals surface area (Å²) in [6.07, 6.45) is 0.880. The lowest BCUT2D eigenvalue weighted by atomic mass is 9.77. The normalized spacial score (nSPS) is 22.2. The molecule has 1 aromatic carbocycles. The Morgan fingerprint density at radius 2 is 1.79 bits per heavy atom. The standard InChI is InChI=1S/C17H17F2NO4/c1-16(2)23-14(21)13(15(22)24-16)9-20-12-5-3-4-10(6-12)11-7-17(18,19)8-11/h3-6,9,11,20H,7-8H2,1-2H3. The van der Waals surface area contributed by atoms with Crippen molar-refractivity contribution in [3.8, 4) is 0 Å². The molecule has 24 heavy (non-hydrogen) atoms. The lowest BCUT2D eigenvalue weighted by molar-refractivity contribution is -0.222. The van der Waals surface area contributed by atoms with Crippen molar-refractivity contribution in [1.29, 1.82) is 0 Å². The van der Waals surface area contributed by atoms with Crippen LogP contribution >= 0.6 is 0 Å². The van der Waals surface area contributed by atoms with Crippen LogP contribution in [0.3, 0.4) is 0 Å². The summed E-state index contributed by atoms with van der Waals surface area (Å²) in [4.78, 5) is 23.7. The molecule has 0 atom stereocenters. The topological polar surface area (TPSA) is 64.6 Å². The van der Waals surface area contributed by atoms with E-state index in [1.54, 1.807) is 24.3 Å². The molecule has 7 heteroatoms. The number of ether oxygens (including phenoxy) is 2. The molecule has 1 saturated heterocycles. The number of nitrogens with one attached hydrogen (secondary N) is 1. The Balaban J connectivity index is 1.71. The maximum Gasteiger partial charge on any atom is 0.350 e. The quantitative estimate of drug-likeness (QED) is 0.521. The van der Waals surface area contributed by atoms with Crippen LogP contribution in [-0.4, -0.2) is 23.6 Å². The van der Waals surface area contributed by atoms with Crippen molar-refractivity contribution in [1.82, 2.24) is 0 Å². The van der Waals surface area contributed by atoms with Gasteiger partial charge in [-0.15, -0.1) is 0 Å². The van der Waals surface area contributed by atoms with Gasteiger partial charge in [0.25, 0.3) is 5.79 Å². The molecule has 1 saturated carbocycles. The van der Waals surface area contributed by atoms with Crippen LogP contribution in [0.25, 0.3) is 0 Å². The van der Waals surface area contributed by atoms with Gasteiger partial charge < -0.3 is 14.8 Å². The number of hydrogen-bond donors (Lipinski definition) is 1. The van der Waals surface area contributed by atoms with Crippen molar-refractivity contribution in [2.45, 2.75) is 44.3 Å². The van der Waals surface area contributed by atoms with Crippen molar-refractivity contribution >= 4 is 17.6 Å². The second kappa shape index (κ2) is 5.58. The van der Waals surface area contributed by atoms with Crippen LogP contribution in [0.2, 0.25) is 0 Å². The fourth-order valence-electron chi connectivity index (χ4n) is 2.71. The van der Waals surface area contributed by atoms with Crippen LogP contribution in [0, 0.1) is 0 Å². The maximum absolute atomic E-state index is 13.0. The molecule has 1 N–H and O–H groups in total. The number of benzene rings is 1. The molecule has 5 nitrogen and oxygen atoms in total. The van der Waals surface area contributed by atoms with E-state index in [2.05, 4.69) is 5.32 Å². The summed E-state index contributed by atoms with van der Waals surface area (Å²) in [5.74, 6) is -5.61. The molecule has 0 bridgehead atoms. The number of carbonyl (C=O) groups excluding carboxylic acids is 2. The average molecular weight is 337 g/mol. The van der Waals surface area contributed by atoms with Gasteiger partial charge in [0.1, 0.15) is 0 Å². The number of rotatable bonds is 3. The molecule has 3 rings (SSSR count).